The first-order chi connectivity index (χ1) is 15.1. The average molecular weight is 426 g/mol. The summed E-state index contributed by atoms with van der Waals surface area (Å²) in [6.45, 7) is 1.05. The Kier molecular flexibility index (Phi) is 6.90. The molecule has 1 amide bonds. The second-order valence-electron chi connectivity index (χ2n) is 8.56. The molecule has 3 atom stereocenters. The van der Waals surface area contributed by atoms with E-state index in [1.165, 1.54) is 0 Å². The molecule has 6 nitrogen and oxygen atoms in total. The van der Waals surface area contributed by atoms with Crippen LogP contribution in [0.2, 0.25) is 0 Å². The lowest BCUT2D eigenvalue weighted by molar-refractivity contribution is -0.253. The van der Waals surface area contributed by atoms with Crippen LogP contribution in [0, 0.1) is 5.92 Å². The van der Waals surface area contributed by atoms with Crippen LogP contribution >= 0.6 is 0 Å². The molecular weight excluding hydrogens is 394 g/mol. The number of rotatable bonds is 7. The molecule has 2 fully saturated rings. The van der Waals surface area contributed by atoms with Crippen LogP contribution in [0.5, 0.6) is 0 Å². The molecule has 1 heterocycles. The fraction of sp³-hybridized carbons (Fsp3) is 0.480. The molecule has 1 saturated carbocycles. The zero-order valence-electron chi connectivity index (χ0n) is 17.7. The summed E-state index contributed by atoms with van der Waals surface area (Å²) < 4.78 is 11.3. The van der Waals surface area contributed by atoms with Gasteiger partial charge in [0.15, 0.2) is 6.29 Å². The summed E-state index contributed by atoms with van der Waals surface area (Å²) in [5, 5.41) is 22.6. The molecule has 2 N–H and O–H groups in total. The molecule has 0 radical (unpaired) electrons. The number of hydrogen-bond donors (Lipinski definition) is 2. The molecule has 0 aromatic heterocycles. The Bertz CT molecular complexity index is 840. The van der Waals surface area contributed by atoms with Crippen LogP contribution in [0.3, 0.4) is 0 Å². The van der Waals surface area contributed by atoms with Crippen LogP contribution in [0.4, 0.5) is 4.79 Å². The van der Waals surface area contributed by atoms with Crippen molar-refractivity contribution in [1.29, 1.82) is 0 Å². The SMILES string of the molecule is O=C(OCc1ccccc1)N1CC[C@H](OC(O)C(O)(c2ccccc2)C2CCCC2)C1. The van der Waals surface area contributed by atoms with Crippen LogP contribution in [-0.2, 0) is 21.7 Å². The first-order valence-electron chi connectivity index (χ1n) is 11.1. The molecule has 1 aliphatic heterocycles. The van der Waals surface area contributed by atoms with E-state index in [1.54, 1.807) is 4.90 Å². The number of ether oxygens (including phenoxy) is 2. The number of likely N-dealkylation sites (tertiary alicyclic amines) is 1. The Morgan fingerprint density at radius 3 is 2.35 bits per heavy atom. The zero-order valence-corrected chi connectivity index (χ0v) is 17.7. The number of aliphatic hydroxyl groups is 2. The number of amides is 1. The van der Waals surface area contributed by atoms with Gasteiger partial charge < -0.3 is 24.6 Å². The van der Waals surface area contributed by atoms with Crippen LogP contribution < -0.4 is 0 Å². The maximum atomic E-state index is 12.4. The maximum Gasteiger partial charge on any atom is 0.410 e. The Morgan fingerprint density at radius 1 is 1.03 bits per heavy atom. The Hall–Kier alpha value is -2.41. The Labute approximate surface area is 183 Å². The smallest absolute Gasteiger partial charge is 0.410 e. The van der Waals surface area contributed by atoms with Gasteiger partial charge in [0.25, 0.3) is 0 Å². The van der Waals surface area contributed by atoms with Crippen LogP contribution in [-0.4, -0.2) is 46.7 Å². The van der Waals surface area contributed by atoms with Gasteiger partial charge in [0.2, 0.25) is 0 Å². The van der Waals surface area contributed by atoms with Crippen molar-refractivity contribution in [1.82, 2.24) is 4.90 Å². The molecule has 4 rings (SSSR count). The van der Waals surface area contributed by atoms with Crippen molar-refractivity contribution in [3.8, 4) is 0 Å². The van der Waals surface area contributed by atoms with Gasteiger partial charge in [0.1, 0.15) is 12.2 Å². The van der Waals surface area contributed by atoms with Gasteiger partial charge in [-0.15, -0.1) is 0 Å². The number of hydrogen-bond acceptors (Lipinski definition) is 5. The van der Waals surface area contributed by atoms with Gasteiger partial charge >= 0.3 is 6.09 Å². The summed E-state index contributed by atoms with van der Waals surface area (Å²) in [5.41, 5.74) is 0.146. The molecule has 0 bridgehead atoms. The Balaban J connectivity index is 1.36. The van der Waals surface area contributed by atoms with E-state index in [1.807, 2.05) is 60.7 Å². The van der Waals surface area contributed by atoms with Crippen molar-refractivity contribution in [2.24, 2.45) is 5.92 Å². The molecule has 1 aliphatic carbocycles. The van der Waals surface area contributed by atoms with E-state index in [-0.39, 0.29) is 18.6 Å². The lowest BCUT2D eigenvalue weighted by Gasteiger charge is -2.39. The van der Waals surface area contributed by atoms with Gasteiger partial charge in [0, 0.05) is 6.54 Å². The second-order valence-corrected chi connectivity index (χ2v) is 8.56. The van der Waals surface area contributed by atoms with Crippen LogP contribution in [0.15, 0.2) is 60.7 Å². The first-order valence-corrected chi connectivity index (χ1v) is 11.1. The van der Waals surface area contributed by atoms with E-state index < -0.39 is 18.0 Å². The largest absolute Gasteiger partial charge is 0.445 e. The summed E-state index contributed by atoms with van der Waals surface area (Å²) in [7, 11) is 0. The van der Waals surface area contributed by atoms with Crippen molar-refractivity contribution in [2.75, 3.05) is 13.1 Å². The van der Waals surface area contributed by atoms with Gasteiger partial charge in [-0.2, -0.15) is 0 Å². The quantitative estimate of drug-likeness (QED) is 0.660. The molecule has 2 unspecified atom stereocenters. The monoisotopic (exact) mass is 425 g/mol. The van der Waals surface area contributed by atoms with E-state index in [4.69, 9.17) is 9.47 Å². The van der Waals surface area contributed by atoms with E-state index in [2.05, 4.69) is 0 Å². The van der Waals surface area contributed by atoms with E-state index >= 15 is 0 Å². The van der Waals surface area contributed by atoms with Gasteiger partial charge in [-0.1, -0.05) is 73.5 Å². The summed E-state index contributed by atoms with van der Waals surface area (Å²) >= 11 is 0. The highest BCUT2D eigenvalue weighted by Gasteiger charge is 2.48. The third kappa shape index (κ3) is 4.92. The van der Waals surface area contributed by atoms with Crippen LogP contribution in [0.25, 0.3) is 0 Å². The minimum Gasteiger partial charge on any atom is -0.445 e. The molecule has 1 saturated heterocycles. The highest BCUT2D eigenvalue weighted by Crippen LogP contribution is 2.43. The standard InChI is InChI=1S/C25H31NO5/c27-23(25(29,21-13-7-8-14-21)20-11-5-2-6-12-20)31-22-15-16-26(17-22)24(28)30-18-19-9-3-1-4-10-19/h1-6,9-12,21-23,27,29H,7-8,13-18H2/t22-,23?,25?/m0/s1. The van der Waals surface area contributed by atoms with Crippen molar-refractivity contribution >= 4 is 6.09 Å². The predicted octanol–water partition coefficient (Wildman–Crippen LogP) is 3.81. The normalized spacial score (nSPS) is 22.3. The highest BCUT2D eigenvalue weighted by molar-refractivity contribution is 5.68. The highest BCUT2D eigenvalue weighted by atomic mass is 16.6. The van der Waals surface area contributed by atoms with Crippen LogP contribution in [0.1, 0.15) is 43.2 Å². The summed E-state index contributed by atoms with van der Waals surface area (Å²) in [5.74, 6) is -0.0572. The average Bonchev–Trinajstić information content (AvgIpc) is 3.51. The number of benzene rings is 2. The second kappa shape index (κ2) is 9.81. The minimum absolute atomic E-state index is 0.0572. The molecule has 6 heteroatoms. The molecule has 2 aliphatic rings. The van der Waals surface area contributed by atoms with Gasteiger partial charge in [0.05, 0.1) is 12.6 Å². The van der Waals surface area contributed by atoms with E-state index in [0.29, 0.717) is 25.1 Å². The topological polar surface area (TPSA) is 79.2 Å². The van der Waals surface area contributed by atoms with Crippen molar-refractivity contribution < 1.29 is 24.5 Å². The third-order valence-electron chi connectivity index (χ3n) is 6.52. The first kappa shape index (κ1) is 21.8. The number of nitrogens with zero attached hydrogens (tertiary/aromatic N) is 1. The number of aliphatic hydroxyl groups excluding tert-OH is 1. The zero-order chi connectivity index (χ0) is 21.7. The van der Waals surface area contributed by atoms with Crippen molar-refractivity contribution in [3.63, 3.8) is 0 Å². The van der Waals surface area contributed by atoms with Gasteiger partial charge in [-0.3, -0.25) is 0 Å². The lowest BCUT2D eigenvalue weighted by atomic mass is 9.79. The fourth-order valence-electron chi connectivity index (χ4n) is 4.75. The summed E-state index contributed by atoms with van der Waals surface area (Å²) in [6, 6.07) is 18.8. The summed E-state index contributed by atoms with van der Waals surface area (Å²) in [6.07, 6.45) is 2.28. The Morgan fingerprint density at radius 2 is 1.68 bits per heavy atom. The van der Waals surface area contributed by atoms with Crippen molar-refractivity contribution in [2.45, 2.75) is 56.7 Å². The molecule has 2 aromatic carbocycles. The van der Waals surface area contributed by atoms with Gasteiger partial charge in [-0.05, 0) is 36.3 Å². The number of carbonyl (C=O) groups is 1. The number of carbonyl (C=O) groups excluding carboxylic acids is 1. The predicted molar refractivity (Wildman–Crippen MR) is 116 cm³/mol. The third-order valence-corrected chi connectivity index (χ3v) is 6.52. The van der Waals surface area contributed by atoms with E-state index in [0.717, 1.165) is 31.2 Å². The molecular formula is C25H31NO5. The van der Waals surface area contributed by atoms with Gasteiger partial charge in [-0.25, -0.2) is 4.79 Å². The summed E-state index contributed by atoms with van der Waals surface area (Å²) in [4.78, 5) is 14.0. The molecule has 2 aromatic rings. The van der Waals surface area contributed by atoms with Crippen molar-refractivity contribution in [3.05, 3.63) is 71.8 Å². The molecule has 0 spiro atoms. The molecule has 31 heavy (non-hydrogen) atoms. The fourth-order valence-corrected chi connectivity index (χ4v) is 4.75. The minimum atomic E-state index is -1.46. The molecule has 166 valence electrons. The maximum absolute atomic E-state index is 12.4. The van der Waals surface area contributed by atoms with E-state index in [9.17, 15) is 15.0 Å². The lowest BCUT2D eigenvalue weighted by Crippen LogP contribution is -2.48.